The Morgan fingerprint density at radius 3 is 1.81 bits per heavy atom. The summed E-state index contributed by atoms with van der Waals surface area (Å²) < 4.78 is 23.9. The summed E-state index contributed by atoms with van der Waals surface area (Å²) in [6.45, 7) is 3.04. The Morgan fingerprint density at radius 2 is 1.25 bits per heavy atom. The average Bonchev–Trinajstić information content (AvgIpc) is 3.07. The Labute approximate surface area is 188 Å². The number of ether oxygens (including phenoxy) is 4. The topological polar surface area (TPSA) is 54.0 Å². The minimum absolute atomic E-state index is 0.227. The third-order valence-electron chi connectivity index (χ3n) is 5.59. The molecule has 166 valence electrons. The number of hydrogen-bond acceptors (Lipinski definition) is 5. The van der Waals surface area contributed by atoms with Crippen LogP contribution in [0.4, 0.5) is 0 Å². The van der Waals surface area contributed by atoms with E-state index in [1.54, 1.807) is 6.92 Å². The van der Waals surface area contributed by atoms with Gasteiger partial charge in [-0.15, -0.1) is 0 Å². The minimum Gasteiger partial charge on any atom is -0.455 e. The van der Waals surface area contributed by atoms with Crippen molar-refractivity contribution in [1.82, 2.24) is 0 Å². The third kappa shape index (κ3) is 5.43. The van der Waals surface area contributed by atoms with Crippen LogP contribution in [0.5, 0.6) is 0 Å². The highest BCUT2D eigenvalue weighted by molar-refractivity contribution is 5.82. The van der Waals surface area contributed by atoms with Crippen LogP contribution in [0.25, 0.3) is 0 Å². The van der Waals surface area contributed by atoms with Crippen molar-refractivity contribution < 1.29 is 23.7 Å². The lowest BCUT2D eigenvalue weighted by Crippen LogP contribution is -2.48. The average molecular weight is 433 g/mol. The molecule has 1 unspecified atom stereocenters. The standard InChI is InChI=1S/C27H28O5/c1-27(31-19-23-15-9-4-10-16-23)25(30-18-22-13-7-3-8-14-22)24(32-26(27)28)20-29-17-21-11-5-2-6-12-21/h2-16,24-25H,17-20H2,1H3/t24-,25?,27-/m1/s1. The van der Waals surface area contributed by atoms with Crippen LogP contribution in [0.1, 0.15) is 23.6 Å². The first kappa shape index (κ1) is 22.2. The lowest BCUT2D eigenvalue weighted by molar-refractivity contribution is -0.167. The normalized spacial score (nSPS) is 22.6. The second kappa shape index (κ2) is 10.6. The Balaban J connectivity index is 1.45. The van der Waals surface area contributed by atoms with E-state index in [4.69, 9.17) is 18.9 Å². The van der Waals surface area contributed by atoms with Gasteiger partial charge in [-0.2, -0.15) is 0 Å². The van der Waals surface area contributed by atoms with Crippen molar-refractivity contribution in [3.05, 3.63) is 108 Å². The summed E-state index contributed by atoms with van der Waals surface area (Å²) >= 11 is 0. The van der Waals surface area contributed by atoms with Crippen molar-refractivity contribution in [3.8, 4) is 0 Å². The molecule has 0 spiro atoms. The van der Waals surface area contributed by atoms with Gasteiger partial charge >= 0.3 is 5.97 Å². The van der Waals surface area contributed by atoms with Crippen LogP contribution in [-0.4, -0.2) is 30.4 Å². The zero-order chi connectivity index (χ0) is 22.2. The number of esters is 1. The van der Waals surface area contributed by atoms with Gasteiger partial charge in [0, 0.05) is 0 Å². The fraction of sp³-hybridized carbons (Fsp3) is 0.296. The molecule has 1 aliphatic rings. The van der Waals surface area contributed by atoms with Crippen molar-refractivity contribution in [3.63, 3.8) is 0 Å². The van der Waals surface area contributed by atoms with E-state index in [1.807, 2.05) is 91.0 Å². The molecule has 32 heavy (non-hydrogen) atoms. The number of carbonyl (C=O) groups excluding carboxylic acids is 1. The van der Waals surface area contributed by atoms with Crippen molar-refractivity contribution in [2.75, 3.05) is 6.61 Å². The van der Waals surface area contributed by atoms with Crippen molar-refractivity contribution in [2.45, 2.75) is 44.6 Å². The molecule has 0 saturated carbocycles. The minimum atomic E-state index is -1.23. The van der Waals surface area contributed by atoms with E-state index in [2.05, 4.69) is 0 Å². The van der Waals surface area contributed by atoms with Gasteiger partial charge < -0.3 is 18.9 Å². The molecule has 5 nitrogen and oxygen atoms in total. The van der Waals surface area contributed by atoms with E-state index < -0.39 is 23.8 Å². The van der Waals surface area contributed by atoms with Gasteiger partial charge in [0.15, 0.2) is 11.7 Å². The van der Waals surface area contributed by atoms with Crippen LogP contribution in [0, 0.1) is 0 Å². The maximum Gasteiger partial charge on any atom is 0.341 e. The molecule has 0 aromatic heterocycles. The van der Waals surface area contributed by atoms with Crippen molar-refractivity contribution in [1.29, 1.82) is 0 Å². The molecule has 3 aromatic carbocycles. The fourth-order valence-electron chi connectivity index (χ4n) is 3.75. The summed E-state index contributed by atoms with van der Waals surface area (Å²) in [5.41, 5.74) is 1.82. The van der Waals surface area contributed by atoms with Crippen LogP contribution in [-0.2, 0) is 43.6 Å². The van der Waals surface area contributed by atoms with E-state index >= 15 is 0 Å². The quantitative estimate of drug-likeness (QED) is 0.435. The van der Waals surface area contributed by atoms with Gasteiger partial charge in [-0.3, -0.25) is 0 Å². The largest absolute Gasteiger partial charge is 0.455 e. The molecule has 1 fully saturated rings. The van der Waals surface area contributed by atoms with Gasteiger partial charge in [0.25, 0.3) is 0 Å². The number of cyclic esters (lactones) is 1. The highest BCUT2D eigenvalue weighted by Crippen LogP contribution is 2.34. The summed E-state index contributed by atoms with van der Waals surface area (Å²) in [6, 6.07) is 29.5. The van der Waals surface area contributed by atoms with Crippen molar-refractivity contribution in [2.24, 2.45) is 0 Å². The van der Waals surface area contributed by atoms with Crippen LogP contribution in [0.3, 0.4) is 0 Å². The number of hydrogen-bond donors (Lipinski definition) is 0. The highest BCUT2D eigenvalue weighted by atomic mass is 16.6. The predicted octanol–water partition coefficient (Wildman–Crippen LogP) is 4.69. The van der Waals surface area contributed by atoms with Gasteiger partial charge in [0.2, 0.25) is 0 Å². The molecule has 0 radical (unpaired) electrons. The molecule has 1 saturated heterocycles. The first-order valence-electron chi connectivity index (χ1n) is 10.8. The first-order valence-corrected chi connectivity index (χ1v) is 10.8. The second-order valence-corrected chi connectivity index (χ2v) is 8.04. The molecular formula is C27H28O5. The second-order valence-electron chi connectivity index (χ2n) is 8.04. The van der Waals surface area contributed by atoms with Gasteiger partial charge in [0.1, 0.15) is 6.10 Å². The zero-order valence-corrected chi connectivity index (χ0v) is 18.2. The molecule has 1 heterocycles. The van der Waals surface area contributed by atoms with Gasteiger partial charge in [0.05, 0.1) is 26.4 Å². The zero-order valence-electron chi connectivity index (χ0n) is 18.2. The number of rotatable bonds is 10. The van der Waals surface area contributed by atoms with Crippen LogP contribution >= 0.6 is 0 Å². The summed E-state index contributed by atoms with van der Waals surface area (Å²) in [4.78, 5) is 12.9. The Hall–Kier alpha value is -2.99. The van der Waals surface area contributed by atoms with Gasteiger partial charge in [-0.25, -0.2) is 4.79 Å². The molecule has 4 rings (SSSR count). The summed E-state index contributed by atoms with van der Waals surface area (Å²) in [7, 11) is 0. The Bertz CT molecular complexity index is 977. The van der Waals surface area contributed by atoms with E-state index in [0.29, 0.717) is 13.2 Å². The molecule has 3 aromatic rings. The molecule has 0 amide bonds. The van der Waals surface area contributed by atoms with Crippen LogP contribution in [0.15, 0.2) is 91.0 Å². The predicted molar refractivity (Wildman–Crippen MR) is 121 cm³/mol. The maximum absolute atomic E-state index is 12.9. The fourth-order valence-corrected chi connectivity index (χ4v) is 3.75. The monoisotopic (exact) mass is 432 g/mol. The SMILES string of the molecule is C[C@]1(OCc2ccccc2)C(=O)O[C@H](COCc2ccccc2)C1OCc1ccccc1. The summed E-state index contributed by atoms with van der Waals surface area (Å²) in [5, 5.41) is 0. The first-order chi connectivity index (χ1) is 15.6. The van der Waals surface area contributed by atoms with Crippen molar-refractivity contribution >= 4 is 5.97 Å². The number of carbonyl (C=O) groups is 1. The summed E-state index contributed by atoms with van der Waals surface area (Å²) in [5.74, 6) is -0.431. The van der Waals surface area contributed by atoms with Gasteiger partial charge in [-0.1, -0.05) is 91.0 Å². The highest BCUT2D eigenvalue weighted by Gasteiger charge is 2.56. The molecule has 0 aliphatic carbocycles. The van der Waals surface area contributed by atoms with E-state index in [-0.39, 0.29) is 13.2 Å². The lowest BCUT2D eigenvalue weighted by Gasteiger charge is -2.29. The smallest absolute Gasteiger partial charge is 0.341 e. The maximum atomic E-state index is 12.9. The molecule has 5 heteroatoms. The third-order valence-corrected chi connectivity index (χ3v) is 5.59. The Kier molecular flexibility index (Phi) is 7.32. The Morgan fingerprint density at radius 1 is 0.750 bits per heavy atom. The van der Waals surface area contributed by atoms with Gasteiger partial charge in [-0.05, 0) is 23.6 Å². The van der Waals surface area contributed by atoms with E-state index in [0.717, 1.165) is 16.7 Å². The van der Waals surface area contributed by atoms with Crippen LogP contribution < -0.4 is 0 Å². The molecular weight excluding hydrogens is 404 g/mol. The van der Waals surface area contributed by atoms with Crippen LogP contribution in [0.2, 0.25) is 0 Å². The van der Waals surface area contributed by atoms with E-state index in [1.165, 1.54) is 0 Å². The number of benzene rings is 3. The molecule has 1 aliphatic heterocycles. The molecule has 0 bridgehead atoms. The van der Waals surface area contributed by atoms with E-state index in [9.17, 15) is 4.79 Å². The lowest BCUT2D eigenvalue weighted by atomic mass is 9.97. The molecule has 0 N–H and O–H groups in total. The molecule has 3 atom stereocenters. The summed E-state index contributed by atoms with van der Waals surface area (Å²) in [6.07, 6.45) is -1.16.